The van der Waals surface area contributed by atoms with Crippen molar-refractivity contribution in [3.63, 3.8) is 0 Å². The molecule has 9 heteroatoms. The van der Waals surface area contributed by atoms with Crippen molar-refractivity contribution in [2.24, 2.45) is 0 Å². The molecule has 0 spiro atoms. The number of hydrogen-bond donors (Lipinski definition) is 4. The Morgan fingerprint density at radius 2 is 1.80 bits per heavy atom. The molecular formula is C21H28N4O5. The summed E-state index contributed by atoms with van der Waals surface area (Å²) in [7, 11) is 3.11. The molecule has 5 N–H and O–H groups in total. The fraction of sp³-hybridized carbons (Fsp3) is 0.333. The topological polar surface area (TPSA) is 124 Å². The van der Waals surface area contributed by atoms with Crippen molar-refractivity contribution >= 4 is 17.6 Å². The summed E-state index contributed by atoms with van der Waals surface area (Å²) in [5, 5.41) is 5.33. The van der Waals surface area contributed by atoms with Crippen molar-refractivity contribution in [3.05, 3.63) is 53.6 Å². The van der Waals surface area contributed by atoms with E-state index in [9.17, 15) is 9.59 Å². The van der Waals surface area contributed by atoms with Gasteiger partial charge in [-0.15, -0.1) is 0 Å². The van der Waals surface area contributed by atoms with E-state index in [-0.39, 0.29) is 6.61 Å². The lowest BCUT2D eigenvalue weighted by molar-refractivity contribution is -0.136. The second-order valence-electron chi connectivity index (χ2n) is 6.46. The number of benzene rings is 2. The van der Waals surface area contributed by atoms with Crippen LogP contribution in [0.1, 0.15) is 24.5 Å². The molecule has 3 amide bonds. The van der Waals surface area contributed by atoms with Gasteiger partial charge in [0, 0.05) is 17.8 Å². The average Bonchev–Trinajstić information content (AvgIpc) is 2.76. The Balaban J connectivity index is 1.81. The van der Waals surface area contributed by atoms with Gasteiger partial charge in [-0.05, 0) is 42.3 Å². The van der Waals surface area contributed by atoms with Gasteiger partial charge in [0.05, 0.1) is 14.2 Å². The Labute approximate surface area is 175 Å². The maximum atomic E-state index is 12.3. The van der Waals surface area contributed by atoms with Crippen molar-refractivity contribution < 1.29 is 23.9 Å². The van der Waals surface area contributed by atoms with E-state index in [1.54, 1.807) is 51.5 Å². The first-order valence-electron chi connectivity index (χ1n) is 9.48. The number of nitrogen functional groups attached to an aromatic ring is 1. The first kappa shape index (κ1) is 22.8. The fourth-order valence-corrected chi connectivity index (χ4v) is 2.63. The van der Waals surface area contributed by atoms with Crippen LogP contribution in [-0.4, -0.2) is 32.2 Å². The SMILES string of the molecule is CCC(NC(=O)NCc1ccc(N)cc1)C(=O)NOCc1cc(OC)ccc1OC. The number of hydrogen-bond acceptors (Lipinski definition) is 6. The number of rotatable bonds is 10. The number of methoxy groups -OCH3 is 2. The molecule has 1 unspecified atom stereocenters. The lowest BCUT2D eigenvalue weighted by atomic mass is 10.2. The predicted octanol–water partition coefficient (Wildman–Crippen LogP) is 2.11. The van der Waals surface area contributed by atoms with Gasteiger partial charge in [0.15, 0.2) is 0 Å². The molecule has 2 aromatic rings. The molecule has 0 aliphatic rings. The van der Waals surface area contributed by atoms with Gasteiger partial charge in [0.1, 0.15) is 24.1 Å². The van der Waals surface area contributed by atoms with Crippen LogP contribution in [-0.2, 0) is 22.8 Å². The Morgan fingerprint density at radius 3 is 2.43 bits per heavy atom. The molecule has 2 rings (SSSR count). The maximum absolute atomic E-state index is 12.3. The zero-order valence-electron chi connectivity index (χ0n) is 17.4. The normalized spacial score (nSPS) is 11.3. The minimum Gasteiger partial charge on any atom is -0.497 e. The Hall–Kier alpha value is -3.46. The van der Waals surface area contributed by atoms with E-state index < -0.39 is 18.0 Å². The summed E-state index contributed by atoms with van der Waals surface area (Å²) in [6.07, 6.45) is 0.396. The molecule has 162 valence electrons. The minimum absolute atomic E-state index is 0.0753. The van der Waals surface area contributed by atoms with E-state index in [1.165, 1.54) is 0 Å². The van der Waals surface area contributed by atoms with Crippen molar-refractivity contribution in [2.75, 3.05) is 20.0 Å². The van der Waals surface area contributed by atoms with Crippen LogP contribution in [0.4, 0.5) is 10.5 Å². The zero-order chi connectivity index (χ0) is 21.9. The summed E-state index contributed by atoms with van der Waals surface area (Å²) in [5.41, 5.74) is 10.3. The summed E-state index contributed by atoms with van der Waals surface area (Å²) in [5.74, 6) is 0.797. The summed E-state index contributed by atoms with van der Waals surface area (Å²) in [4.78, 5) is 29.8. The highest BCUT2D eigenvalue weighted by Gasteiger charge is 2.19. The van der Waals surface area contributed by atoms with Gasteiger partial charge in [-0.1, -0.05) is 19.1 Å². The van der Waals surface area contributed by atoms with Gasteiger partial charge in [0.2, 0.25) is 0 Å². The number of urea groups is 1. The zero-order valence-corrected chi connectivity index (χ0v) is 17.4. The minimum atomic E-state index is -0.747. The van der Waals surface area contributed by atoms with E-state index in [4.69, 9.17) is 20.0 Å². The lowest BCUT2D eigenvalue weighted by Gasteiger charge is -2.17. The van der Waals surface area contributed by atoms with Crippen LogP contribution in [0, 0.1) is 0 Å². The first-order valence-corrected chi connectivity index (χ1v) is 9.48. The maximum Gasteiger partial charge on any atom is 0.315 e. The van der Waals surface area contributed by atoms with Crippen LogP contribution in [0.3, 0.4) is 0 Å². The molecule has 0 aromatic heterocycles. The molecule has 1 atom stereocenters. The average molecular weight is 416 g/mol. The van der Waals surface area contributed by atoms with Gasteiger partial charge in [-0.3, -0.25) is 9.63 Å². The molecule has 30 heavy (non-hydrogen) atoms. The van der Waals surface area contributed by atoms with Crippen LogP contribution in [0.25, 0.3) is 0 Å². The van der Waals surface area contributed by atoms with Crippen LogP contribution in [0.15, 0.2) is 42.5 Å². The molecule has 9 nitrogen and oxygen atoms in total. The van der Waals surface area contributed by atoms with Crippen LogP contribution in [0.5, 0.6) is 11.5 Å². The lowest BCUT2D eigenvalue weighted by Crippen LogP contribution is -2.49. The third kappa shape index (κ3) is 6.85. The number of anilines is 1. The number of hydroxylamine groups is 1. The molecule has 0 heterocycles. The third-order valence-corrected chi connectivity index (χ3v) is 4.35. The van der Waals surface area contributed by atoms with Crippen molar-refractivity contribution in [2.45, 2.75) is 32.5 Å². The monoisotopic (exact) mass is 416 g/mol. The van der Waals surface area contributed by atoms with E-state index in [0.717, 1.165) is 5.56 Å². The molecule has 0 aliphatic carbocycles. The smallest absolute Gasteiger partial charge is 0.315 e. The number of carbonyl (C=O) groups is 2. The summed E-state index contributed by atoms with van der Waals surface area (Å²) < 4.78 is 10.5. The van der Waals surface area contributed by atoms with Crippen molar-refractivity contribution in [1.82, 2.24) is 16.1 Å². The quantitative estimate of drug-likeness (QED) is 0.347. The summed E-state index contributed by atoms with van der Waals surface area (Å²) in [6.45, 7) is 2.18. The standard InChI is InChI=1S/C21H28N4O5/c1-4-18(24-21(27)23-12-14-5-7-16(22)8-6-14)20(26)25-30-13-15-11-17(28-2)9-10-19(15)29-3/h5-11,18H,4,12-13,22H2,1-3H3,(H,25,26)(H2,23,24,27). The first-order chi connectivity index (χ1) is 14.5. The molecule has 0 saturated heterocycles. The highest BCUT2D eigenvalue weighted by molar-refractivity contribution is 5.86. The van der Waals surface area contributed by atoms with Gasteiger partial charge in [-0.25, -0.2) is 10.3 Å². The van der Waals surface area contributed by atoms with Crippen LogP contribution < -0.4 is 31.3 Å². The Kier molecular flexibility index (Phi) is 8.76. The Bertz CT molecular complexity index is 842. The highest BCUT2D eigenvalue weighted by atomic mass is 16.7. The third-order valence-electron chi connectivity index (χ3n) is 4.35. The molecule has 0 bridgehead atoms. The van der Waals surface area contributed by atoms with Gasteiger partial charge >= 0.3 is 6.03 Å². The number of amides is 3. The van der Waals surface area contributed by atoms with Gasteiger partial charge in [-0.2, -0.15) is 0 Å². The molecule has 2 aromatic carbocycles. The molecular weight excluding hydrogens is 388 g/mol. The van der Waals surface area contributed by atoms with Crippen LogP contribution in [0.2, 0.25) is 0 Å². The van der Waals surface area contributed by atoms with E-state index >= 15 is 0 Å². The number of nitrogens with two attached hydrogens (primary N) is 1. The number of carbonyl (C=O) groups excluding carboxylic acids is 2. The molecule has 0 saturated carbocycles. The van der Waals surface area contributed by atoms with Gasteiger partial charge < -0.3 is 25.8 Å². The highest BCUT2D eigenvalue weighted by Crippen LogP contribution is 2.24. The molecule has 0 radical (unpaired) electrons. The second kappa shape index (κ2) is 11.5. The fourth-order valence-electron chi connectivity index (χ4n) is 2.63. The summed E-state index contributed by atoms with van der Waals surface area (Å²) >= 11 is 0. The predicted molar refractivity (Wildman–Crippen MR) is 113 cm³/mol. The number of ether oxygens (including phenoxy) is 2. The van der Waals surface area contributed by atoms with E-state index in [2.05, 4.69) is 16.1 Å². The van der Waals surface area contributed by atoms with E-state index in [0.29, 0.717) is 35.7 Å². The molecule has 0 aliphatic heterocycles. The van der Waals surface area contributed by atoms with Crippen LogP contribution >= 0.6 is 0 Å². The summed E-state index contributed by atoms with van der Waals surface area (Å²) in [6, 6.07) is 11.2. The Morgan fingerprint density at radius 1 is 1.07 bits per heavy atom. The van der Waals surface area contributed by atoms with Crippen molar-refractivity contribution in [3.8, 4) is 11.5 Å². The largest absolute Gasteiger partial charge is 0.497 e. The van der Waals surface area contributed by atoms with E-state index in [1.807, 2.05) is 12.1 Å². The second-order valence-corrected chi connectivity index (χ2v) is 6.46. The molecule has 0 fully saturated rings. The van der Waals surface area contributed by atoms with Crippen molar-refractivity contribution in [1.29, 1.82) is 0 Å². The van der Waals surface area contributed by atoms with Gasteiger partial charge in [0.25, 0.3) is 5.91 Å². The number of nitrogens with one attached hydrogen (secondary N) is 3.